The Kier molecular flexibility index (Phi) is 6.00. The lowest BCUT2D eigenvalue weighted by Gasteiger charge is -2.35. The minimum absolute atomic E-state index is 0.116. The fourth-order valence-electron chi connectivity index (χ4n) is 3.94. The molecule has 1 atom stereocenters. The number of hydrogen-bond acceptors (Lipinski definition) is 4. The van der Waals surface area contributed by atoms with Crippen LogP contribution in [-0.4, -0.2) is 81.0 Å². The monoisotopic (exact) mass is 358 g/mol. The number of likely N-dealkylation sites (N-methyl/N-ethyl adjacent to an activating group) is 2. The van der Waals surface area contributed by atoms with Gasteiger partial charge in [0, 0.05) is 44.7 Å². The molecule has 1 amide bonds. The molecule has 1 aliphatic heterocycles. The van der Waals surface area contributed by atoms with E-state index >= 15 is 0 Å². The number of nitrogens with zero attached hydrogens (tertiary/aromatic N) is 3. The summed E-state index contributed by atoms with van der Waals surface area (Å²) in [5, 5.41) is 3.27. The van der Waals surface area contributed by atoms with Gasteiger partial charge in [-0.25, -0.2) is 0 Å². The molecular weight excluding hydrogens is 324 g/mol. The molecule has 2 aliphatic rings. The zero-order valence-electron chi connectivity index (χ0n) is 16.8. The average molecular weight is 359 g/mol. The van der Waals surface area contributed by atoms with Crippen molar-refractivity contribution < 1.29 is 4.79 Å². The second-order valence-electron chi connectivity index (χ2n) is 8.58. The van der Waals surface area contributed by atoms with Gasteiger partial charge in [-0.3, -0.25) is 9.69 Å². The van der Waals surface area contributed by atoms with Crippen LogP contribution in [0.15, 0.2) is 24.3 Å². The van der Waals surface area contributed by atoms with Crippen molar-refractivity contribution >= 4 is 5.91 Å². The topological polar surface area (TPSA) is 38.8 Å². The SMILES string of the molecule is Cc1cccc(C(C(=O)NCC2(CN3CCN(C)CC3)CC2)N(C)C)c1. The van der Waals surface area contributed by atoms with Gasteiger partial charge in [-0.05, 0) is 46.5 Å². The van der Waals surface area contributed by atoms with Crippen LogP contribution < -0.4 is 5.32 Å². The van der Waals surface area contributed by atoms with Gasteiger partial charge in [0.25, 0.3) is 0 Å². The van der Waals surface area contributed by atoms with Crippen molar-refractivity contribution in [2.24, 2.45) is 5.41 Å². The molecule has 1 N–H and O–H groups in total. The van der Waals surface area contributed by atoms with E-state index in [0.29, 0.717) is 5.41 Å². The number of hydrogen-bond donors (Lipinski definition) is 1. The first-order valence-electron chi connectivity index (χ1n) is 9.80. The molecule has 0 aromatic heterocycles. The highest BCUT2D eigenvalue weighted by molar-refractivity contribution is 5.83. The van der Waals surface area contributed by atoms with Crippen LogP contribution >= 0.6 is 0 Å². The van der Waals surface area contributed by atoms with E-state index in [1.807, 2.05) is 31.1 Å². The Morgan fingerprint density at radius 3 is 2.50 bits per heavy atom. The molecule has 5 nitrogen and oxygen atoms in total. The van der Waals surface area contributed by atoms with Crippen LogP contribution in [-0.2, 0) is 4.79 Å². The first-order chi connectivity index (χ1) is 12.4. The largest absolute Gasteiger partial charge is 0.354 e. The summed E-state index contributed by atoms with van der Waals surface area (Å²) in [6, 6.07) is 8.04. The average Bonchev–Trinajstić information content (AvgIpc) is 3.35. The van der Waals surface area contributed by atoms with E-state index in [1.54, 1.807) is 0 Å². The Balaban J connectivity index is 1.56. The molecule has 2 fully saturated rings. The molecule has 1 saturated carbocycles. The lowest BCUT2D eigenvalue weighted by atomic mass is 10.0. The van der Waals surface area contributed by atoms with Crippen molar-refractivity contribution in [2.75, 3.05) is 60.4 Å². The number of benzene rings is 1. The van der Waals surface area contributed by atoms with Crippen LogP contribution in [0.3, 0.4) is 0 Å². The predicted molar refractivity (Wildman–Crippen MR) is 106 cm³/mol. The van der Waals surface area contributed by atoms with Gasteiger partial charge in [-0.1, -0.05) is 29.8 Å². The number of carbonyl (C=O) groups excluding carboxylic acids is 1. The highest BCUT2D eigenvalue weighted by Crippen LogP contribution is 2.45. The molecule has 1 unspecified atom stereocenters. The molecule has 1 heterocycles. The number of rotatable bonds is 7. The number of nitrogens with one attached hydrogen (secondary N) is 1. The quantitative estimate of drug-likeness (QED) is 0.806. The van der Waals surface area contributed by atoms with E-state index in [2.05, 4.69) is 41.2 Å². The van der Waals surface area contributed by atoms with Crippen LogP contribution in [0.25, 0.3) is 0 Å². The summed E-state index contributed by atoms with van der Waals surface area (Å²) < 4.78 is 0. The number of carbonyl (C=O) groups is 1. The highest BCUT2D eigenvalue weighted by atomic mass is 16.2. The maximum absolute atomic E-state index is 12.9. The summed E-state index contributed by atoms with van der Waals surface area (Å²) in [4.78, 5) is 19.9. The van der Waals surface area contributed by atoms with Gasteiger partial charge in [0.2, 0.25) is 5.91 Å². The van der Waals surface area contributed by atoms with Gasteiger partial charge < -0.3 is 15.1 Å². The maximum Gasteiger partial charge on any atom is 0.241 e. The van der Waals surface area contributed by atoms with E-state index in [4.69, 9.17) is 0 Å². The lowest BCUT2D eigenvalue weighted by Crippen LogP contribution is -2.48. The Hall–Kier alpha value is -1.43. The Morgan fingerprint density at radius 1 is 1.23 bits per heavy atom. The Labute approximate surface area is 158 Å². The van der Waals surface area contributed by atoms with Crippen molar-refractivity contribution in [2.45, 2.75) is 25.8 Å². The van der Waals surface area contributed by atoms with Gasteiger partial charge in [0.1, 0.15) is 6.04 Å². The standard InChI is InChI=1S/C21H34N4O/c1-17-6-5-7-18(14-17)19(23(2)3)20(26)22-15-21(8-9-21)16-25-12-10-24(4)11-13-25/h5-7,14,19H,8-13,15-16H2,1-4H3,(H,22,26). The first kappa shape index (κ1) is 19.3. The Morgan fingerprint density at radius 2 is 1.92 bits per heavy atom. The Bertz CT molecular complexity index is 618. The summed E-state index contributed by atoms with van der Waals surface area (Å²) >= 11 is 0. The van der Waals surface area contributed by atoms with E-state index in [9.17, 15) is 4.79 Å². The molecule has 144 valence electrons. The van der Waals surface area contributed by atoms with E-state index in [0.717, 1.165) is 44.8 Å². The molecule has 0 radical (unpaired) electrons. The molecule has 1 saturated heterocycles. The third-order valence-electron chi connectivity index (χ3n) is 5.87. The van der Waals surface area contributed by atoms with E-state index in [-0.39, 0.29) is 11.9 Å². The summed E-state index contributed by atoms with van der Waals surface area (Å²) in [6.45, 7) is 8.60. The van der Waals surface area contributed by atoms with Crippen LogP contribution in [0.2, 0.25) is 0 Å². The van der Waals surface area contributed by atoms with Gasteiger partial charge in [0.15, 0.2) is 0 Å². The molecule has 0 spiro atoms. The molecule has 1 aliphatic carbocycles. The van der Waals surface area contributed by atoms with E-state index < -0.39 is 0 Å². The van der Waals surface area contributed by atoms with Crippen LogP contribution in [0.4, 0.5) is 0 Å². The van der Waals surface area contributed by atoms with Gasteiger partial charge in [-0.15, -0.1) is 0 Å². The fourth-order valence-corrected chi connectivity index (χ4v) is 3.94. The van der Waals surface area contributed by atoms with Gasteiger partial charge in [-0.2, -0.15) is 0 Å². The van der Waals surface area contributed by atoms with Crippen LogP contribution in [0.5, 0.6) is 0 Å². The van der Waals surface area contributed by atoms with Crippen molar-refractivity contribution in [3.05, 3.63) is 35.4 Å². The number of piperazine rings is 1. The van der Waals surface area contributed by atoms with Gasteiger partial charge >= 0.3 is 0 Å². The molecule has 1 aromatic carbocycles. The third-order valence-corrected chi connectivity index (χ3v) is 5.87. The summed E-state index contributed by atoms with van der Waals surface area (Å²) in [6.07, 6.45) is 2.47. The number of amides is 1. The maximum atomic E-state index is 12.9. The molecule has 0 bridgehead atoms. The molecule has 26 heavy (non-hydrogen) atoms. The summed E-state index contributed by atoms with van der Waals surface area (Å²) in [5.74, 6) is 0.116. The molecule has 3 rings (SSSR count). The predicted octanol–water partition coefficient (Wildman–Crippen LogP) is 1.74. The van der Waals surface area contributed by atoms with Crippen LogP contribution in [0, 0.1) is 12.3 Å². The zero-order valence-corrected chi connectivity index (χ0v) is 16.8. The summed E-state index contributed by atoms with van der Waals surface area (Å²) in [5.41, 5.74) is 2.56. The first-order valence-corrected chi connectivity index (χ1v) is 9.80. The minimum atomic E-state index is -0.227. The second kappa shape index (κ2) is 8.07. The summed E-state index contributed by atoms with van der Waals surface area (Å²) in [7, 11) is 6.14. The van der Waals surface area contributed by atoms with E-state index in [1.165, 1.54) is 18.4 Å². The molecule has 1 aromatic rings. The smallest absolute Gasteiger partial charge is 0.241 e. The van der Waals surface area contributed by atoms with Crippen molar-refractivity contribution in [1.82, 2.24) is 20.0 Å². The normalized spacial score (nSPS) is 21.6. The zero-order chi connectivity index (χ0) is 18.7. The molecule has 5 heteroatoms. The fraction of sp³-hybridized carbons (Fsp3) is 0.667. The lowest BCUT2D eigenvalue weighted by molar-refractivity contribution is -0.126. The second-order valence-corrected chi connectivity index (χ2v) is 8.58. The minimum Gasteiger partial charge on any atom is -0.354 e. The van der Waals surface area contributed by atoms with Crippen LogP contribution in [0.1, 0.15) is 30.0 Å². The highest BCUT2D eigenvalue weighted by Gasteiger charge is 2.44. The van der Waals surface area contributed by atoms with Gasteiger partial charge in [0.05, 0.1) is 0 Å². The number of aryl methyl sites for hydroxylation is 1. The molecular formula is C21H34N4O. The van der Waals surface area contributed by atoms with Crippen molar-refractivity contribution in [3.8, 4) is 0 Å². The van der Waals surface area contributed by atoms with Crippen molar-refractivity contribution in [1.29, 1.82) is 0 Å². The third kappa shape index (κ3) is 4.84. The van der Waals surface area contributed by atoms with Crippen molar-refractivity contribution in [3.63, 3.8) is 0 Å².